The van der Waals surface area contributed by atoms with Crippen molar-refractivity contribution in [1.82, 2.24) is 0 Å². The number of hydrogen-bond acceptors (Lipinski definition) is 3. The smallest absolute Gasteiger partial charge is 0.330 e. The van der Waals surface area contributed by atoms with E-state index in [1.807, 2.05) is 6.92 Å². The Hall–Kier alpha value is -1.09. The average Bonchev–Trinajstić information content (AvgIpc) is 2.46. The first kappa shape index (κ1) is 9.46. The lowest BCUT2D eigenvalue weighted by Gasteiger charge is -2.22. The Morgan fingerprint density at radius 3 is 2.79 bits per heavy atom. The van der Waals surface area contributed by atoms with Crippen molar-refractivity contribution in [2.75, 3.05) is 6.61 Å². The van der Waals surface area contributed by atoms with E-state index in [0.29, 0.717) is 6.61 Å². The third kappa shape index (κ3) is 2.04. The predicted molar refractivity (Wildman–Crippen MR) is 51.8 cm³/mol. The lowest BCUT2D eigenvalue weighted by atomic mass is 10.0. The fourth-order valence-corrected chi connectivity index (χ4v) is 1.86. The highest BCUT2D eigenvalue weighted by molar-refractivity contribution is 5.82. The second kappa shape index (κ2) is 3.96. The molecular weight excluding hydrogens is 180 g/mol. The highest BCUT2D eigenvalue weighted by Crippen LogP contribution is 2.30. The summed E-state index contributed by atoms with van der Waals surface area (Å²) in [5, 5.41) is 0. The molecule has 2 unspecified atom stereocenters. The van der Waals surface area contributed by atoms with Gasteiger partial charge in [-0.05, 0) is 19.8 Å². The van der Waals surface area contributed by atoms with Crippen molar-refractivity contribution in [3.05, 3.63) is 23.8 Å². The standard InChI is InChI=1S/C11H14O3/c1-2-13-11(12)7-8-5-9-3-4-10(6-8)14-9/h3-4,7,9-10H,2,5-6H2,1H3. The molecular formula is C11H14O3. The van der Waals surface area contributed by atoms with Gasteiger partial charge in [-0.2, -0.15) is 0 Å². The van der Waals surface area contributed by atoms with E-state index in [0.717, 1.165) is 18.4 Å². The first-order valence-corrected chi connectivity index (χ1v) is 4.98. The zero-order chi connectivity index (χ0) is 9.97. The van der Waals surface area contributed by atoms with Crippen molar-refractivity contribution < 1.29 is 14.3 Å². The molecule has 0 aromatic rings. The van der Waals surface area contributed by atoms with Crippen LogP contribution in [0.15, 0.2) is 23.8 Å². The topological polar surface area (TPSA) is 35.5 Å². The Labute approximate surface area is 83.4 Å². The number of hydrogen-bond donors (Lipinski definition) is 0. The minimum absolute atomic E-state index is 0.175. The molecule has 0 N–H and O–H groups in total. The highest BCUT2D eigenvalue weighted by Gasteiger charge is 2.27. The van der Waals surface area contributed by atoms with E-state index in [1.165, 1.54) is 0 Å². The molecule has 1 saturated heterocycles. The number of rotatable bonds is 2. The van der Waals surface area contributed by atoms with Crippen molar-refractivity contribution in [3.8, 4) is 0 Å². The number of carbonyl (C=O) groups excluding carboxylic acids is 1. The molecule has 2 bridgehead atoms. The summed E-state index contributed by atoms with van der Waals surface area (Å²) in [5.74, 6) is -0.233. The maximum atomic E-state index is 11.2. The van der Waals surface area contributed by atoms with Gasteiger partial charge < -0.3 is 9.47 Å². The van der Waals surface area contributed by atoms with Crippen molar-refractivity contribution in [2.24, 2.45) is 0 Å². The van der Waals surface area contributed by atoms with Gasteiger partial charge in [-0.25, -0.2) is 4.79 Å². The molecule has 0 saturated carbocycles. The molecule has 3 heteroatoms. The van der Waals surface area contributed by atoms with Gasteiger partial charge in [0.25, 0.3) is 0 Å². The van der Waals surface area contributed by atoms with Crippen LogP contribution in [-0.2, 0) is 14.3 Å². The zero-order valence-corrected chi connectivity index (χ0v) is 8.23. The first-order valence-electron chi connectivity index (χ1n) is 4.98. The van der Waals surface area contributed by atoms with Gasteiger partial charge in [0.15, 0.2) is 0 Å². The first-order chi connectivity index (χ1) is 6.78. The summed E-state index contributed by atoms with van der Waals surface area (Å²) in [4.78, 5) is 11.2. The zero-order valence-electron chi connectivity index (χ0n) is 8.23. The van der Waals surface area contributed by atoms with Crippen LogP contribution < -0.4 is 0 Å². The third-order valence-electron chi connectivity index (χ3n) is 2.43. The second-order valence-electron chi connectivity index (χ2n) is 3.56. The second-order valence-corrected chi connectivity index (χ2v) is 3.56. The van der Waals surface area contributed by atoms with Gasteiger partial charge >= 0.3 is 5.97 Å². The summed E-state index contributed by atoms with van der Waals surface area (Å²) in [5.41, 5.74) is 1.13. The van der Waals surface area contributed by atoms with E-state index < -0.39 is 0 Å². The van der Waals surface area contributed by atoms with Crippen LogP contribution in [0.2, 0.25) is 0 Å². The van der Waals surface area contributed by atoms with Crippen LogP contribution in [0.1, 0.15) is 19.8 Å². The largest absolute Gasteiger partial charge is 0.463 e. The molecule has 2 rings (SSSR count). The number of carbonyl (C=O) groups is 1. The van der Waals surface area contributed by atoms with Crippen LogP contribution in [0.4, 0.5) is 0 Å². The van der Waals surface area contributed by atoms with Crippen LogP contribution >= 0.6 is 0 Å². The Morgan fingerprint density at radius 2 is 2.21 bits per heavy atom. The van der Waals surface area contributed by atoms with Gasteiger partial charge in [0.1, 0.15) is 0 Å². The molecule has 1 fully saturated rings. The molecule has 2 atom stereocenters. The van der Waals surface area contributed by atoms with Crippen molar-refractivity contribution >= 4 is 5.97 Å². The SMILES string of the molecule is CCOC(=O)C=C1CC2C=CC(C1)O2. The molecule has 0 amide bonds. The molecule has 2 aliphatic rings. The van der Waals surface area contributed by atoms with Gasteiger partial charge in [0.05, 0.1) is 18.8 Å². The van der Waals surface area contributed by atoms with E-state index >= 15 is 0 Å². The van der Waals surface area contributed by atoms with Gasteiger partial charge in [-0.15, -0.1) is 0 Å². The number of fused-ring (bicyclic) bond motifs is 2. The number of esters is 1. The fraction of sp³-hybridized carbons (Fsp3) is 0.545. The average molecular weight is 194 g/mol. The summed E-state index contributed by atoms with van der Waals surface area (Å²) in [6.45, 7) is 2.25. The summed E-state index contributed by atoms with van der Waals surface area (Å²) in [6, 6.07) is 0. The van der Waals surface area contributed by atoms with Gasteiger partial charge in [0.2, 0.25) is 0 Å². The molecule has 2 heterocycles. The molecule has 3 nitrogen and oxygen atoms in total. The monoisotopic (exact) mass is 194 g/mol. The lowest BCUT2D eigenvalue weighted by Crippen LogP contribution is -2.21. The van der Waals surface area contributed by atoms with Crippen LogP contribution in [0.25, 0.3) is 0 Å². The van der Waals surface area contributed by atoms with Crippen LogP contribution in [0.5, 0.6) is 0 Å². The Balaban J connectivity index is 1.96. The Kier molecular flexibility index (Phi) is 2.68. The quantitative estimate of drug-likeness (QED) is 0.380. The van der Waals surface area contributed by atoms with Crippen LogP contribution in [0, 0.1) is 0 Å². The van der Waals surface area contributed by atoms with E-state index in [-0.39, 0.29) is 18.2 Å². The van der Waals surface area contributed by atoms with Crippen molar-refractivity contribution in [1.29, 1.82) is 0 Å². The molecule has 0 aliphatic carbocycles. The minimum atomic E-state index is -0.233. The maximum absolute atomic E-state index is 11.2. The molecule has 76 valence electrons. The van der Waals surface area contributed by atoms with Gasteiger partial charge in [-0.3, -0.25) is 0 Å². The minimum Gasteiger partial charge on any atom is -0.463 e. The lowest BCUT2D eigenvalue weighted by molar-refractivity contribution is -0.137. The van der Waals surface area contributed by atoms with Gasteiger partial charge in [0, 0.05) is 6.08 Å². The van der Waals surface area contributed by atoms with E-state index in [4.69, 9.17) is 9.47 Å². The molecule has 2 aliphatic heterocycles. The van der Waals surface area contributed by atoms with Crippen LogP contribution in [0.3, 0.4) is 0 Å². The van der Waals surface area contributed by atoms with Crippen molar-refractivity contribution in [3.63, 3.8) is 0 Å². The van der Waals surface area contributed by atoms with E-state index in [2.05, 4.69) is 12.2 Å². The molecule has 14 heavy (non-hydrogen) atoms. The summed E-state index contributed by atoms with van der Waals surface area (Å²) in [6.07, 6.45) is 7.74. The fourth-order valence-electron chi connectivity index (χ4n) is 1.86. The maximum Gasteiger partial charge on any atom is 0.330 e. The molecule has 0 aromatic heterocycles. The predicted octanol–water partition coefficient (Wildman–Crippen LogP) is 1.59. The third-order valence-corrected chi connectivity index (χ3v) is 2.43. The van der Waals surface area contributed by atoms with Crippen LogP contribution in [-0.4, -0.2) is 24.8 Å². The number of ether oxygens (including phenoxy) is 2. The summed E-state index contributed by atoms with van der Waals surface area (Å²) < 4.78 is 10.4. The summed E-state index contributed by atoms with van der Waals surface area (Å²) >= 11 is 0. The molecule has 0 aromatic carbocycles. The van der Waals surface area contributed by atoms with Crippen molar-refractivity contribution in [2.45, 2.75) is 32.0 Å². The normalized spacial score (nSPS) is 29.1. The van der Waals surface area contributed by atoms with E-state index in [9.17, 15) is 4.79 Å². The Morgan fingerprint density at radius 1 is 1.57 bits per heavy atom. The summed E-state index contributed by atoms with van der Waals surface area (Å²) in [7, 11) is 0. The Bertz CT molecular complexity index is 275. The molecule has 0 radical (unpaired) electrons. The molecule has 0 spiro atoms. The highest BCUT2D eigenvalue weighted by atomic mass is 16.5. The van der Waals surface area contributed by atoms with Gasteiger partial charge in [-0.1, -0.05) is 17.7 Å². The van der Waals surface area contributed by atoms with E-state index in [1.54, 1.807) is 6.08 Å².